The average Bonchev–Trinajstić information content (AvgIpc) is 2.68. The Labute approximate surface area is 163 Å². The van der Waals surface area contributed by atoms with E-state index in [1.165, 1.54) is 11.9 Å². The van der Waals surface area contributed by atoms with Crippen LogP contribution >= 0.6 is 0 Å². The number of hydrogen-bond acceptors (Lipinski definition) is 5. The molecule has 5 nitrogen and oxygen atoms in total. The second-order valence-electron chi connectivity index (χ2n) is 6.35. The van der Waals surface area contributed by atoms with E-state index in [-0.39, 0.29) is 11.8 Å². The van der Waals surface area contributed by atoms with Gasteiger partial charge in [-0.25, -0.2) is 4.98 Å². The first-order valence-electron chi connectivity index (χ1n) is 9.40. The van der Waals surface area contributed by atoms with Gasteiger partial charge in [-0.2, -0.15) is 18.2 Å². The van der Waals surface area contributed by atoms with Crippen molar-refractivity contribution in [3.63, 3.8) is 0 Å². The Morgan fingerprint density at radius 1 is 1.04 bits per heavy atom. The van der Waals surface area contributed by atoms with Gasteiger partial charge in [0.25, 0.3) is 0 Å². The number of benzene rings is 1. The molecule has 0 spiro atoms. The number of halogens is 3. The summed E-state index contributed by atoms with van der Waals surface area (Å²) in [5.74, 6) is 0.335. The molecule has 28 heavy (non-hydrogen) atoms. The number of aromatic nitrogens is 2. The number of rotatable bonds is 10. The van der Waals surface area contributed by atoms with Gasteiger partial charge < -0.3 is 14.4 Å². The van der Waals surface area contributed by atoms with Crippen LogP contribution in [0.25, 0.3) is 0 Å². The van der Waals surface area contributed by atoms with Gasteiger partial charge in [-0.1, -0.05) is 32.8 Å². The number of unbranched alkanes of at least 4 members (excludes halogenated alkanes) is 2. The van der Waals surface area contributed by atoms with E-state index in [0.717, 1.165) is 25.5 Å². The molecule has 0 N–H and O–H groups in total. The molecule has 0 aliphatic carbocycles. The first-order chi connectivity index (χ1) is 13.4. The zero-order valence-electron chi connectivity index (χ0n) is 16.4. The maximum atomic E-state index is 13.5. The lowest BCUT2D eigenvalue weighted by Crippen LogP contribution is -2.19. The number of anilines is 2. The van der Waals surface area contributed by atoms with Crippen molar-refractivity contribution >= 4 is 11.5 Å². The minimum Gasteiger partial charge on any atom is -0.494 e. The van der Waals surface area contributed by atoms with Crippen LogP contribution in [0, 0.1) is 0 Å². The summed E-state index contributed by atoms with van der Waals surface area (Å²) >= 11 is 0. The zero-order chi connectivity index (χ0) is 20.6. The molecule has 0 aliphatic heterocycles. The quantitative estimate of drug-likeness (QED) is 0.487. The fraction of sp³-hybridized carbons (Fsp3) is 0.500. The molecule has 1 aromatic carbocycles. The predicted molar refractivity (Wildman–Crippen MR) is 102 cm³/mol. The smallest absolute Gasteiger partial charge is 0.421 e. The van der Waals surface area contributed by atoms with Crippen LogP contribution in [0.1, 0.15) is 45.1 Å². The molecule has 8 heteroatoms. The lowest BCUT2D eigenvalue weighted by molar-refractivity contribution is -0.137. The van der Waals surface area contributed by atoms with Crippen LogP contribution in [0.2, 0.25) is 0 Å². The number of alkyl halides is 3. The maximum Gasteiger partial charge on any atom is 0.421 e. The van der Waals surface area contributed by atoms with Gasteiger partial charge in [-0.3, -0.25) is 0 Å². The van der Waals surface area contributed by atoms with Gasteiger partial charge in [-0.15, -0.1) is 0 Å². The summed E-state index contributed by atoms with van der Waals surface area (Å²) in [7, 11) is 1.53. The Morgan fingerprint density at radius 2 is 1.82 bits per heavy atom. The highest BCUT2D eigenvalue weighted by atomic mass is 19.4. The fourth-order valence-electron chi connectivity index (χ4n) is 2.52. The van der Waals surface area contributed by atoms with E-state index in [0.29, 0.717) is 31.1 Å². The first-order valence-corrected chi connectivity index (χ1v) is 9.40. The molecule has 0 fully saturated rings. The Bertz CT molecular complexity index is 754. The molecule has 0 unspecified atom stereocenters. The van der Waals surface area contributed by atoms with Crippen molar-refractivity contribution in [3.05, 3.63) is 36.0 Å². The molecule has 1 heterocycles. The molecule has 154 valence electrons. The first kappa shape index (κ1) is 21.8. The molecule has 2 rings (SSSR count). The molecule has 0 bridgehead atoms. The SMILES string of the molecule is CCCCCOc1cccc(N(C)c2nc(OCCC)ncc2C(F)(F)F)c1. The zero-order valence-corrected chi connectivity index (χ0v) is 16.4. The third kappa shape index (κ3) is 6.00. The van der Waals surface area contributed by atoms with Crippen molar-refractivity contribution in [3.8, 4) is 11.8 Å². The van der Waals surface area contributed by atoms with Gasteiger partial charge in [0.05, 0.1) is 13.2 Å². The molecule has 0 radical (unpaired) electrons. The van der Waals surface area contributed by atoms with Crippen LogP contribution in [-0.4, -0.2) is 30.2 Å². The highest BCUT2D eigenvalue weighted by Gasteiger charge is 2.36. The number of hydrogen-bond donors (Lipinski definition) is 0. The minimum atomic E-state index is -4.58. The second kappa shape index (κ2) is 10.1. The van der Waals surface area contributed by atoms with E-state index in [2.05, 4.69) is 16.9 Å². The van der Waals surface area contributed by atoms with Crippen LogP contribution in [-0.2, 0) is 6.18 Å². The lowest BCUT2D eigenvalue weighted by Gasteiger charge is -2.23. The number of nitrogens with zero attached hydrogens (tertiary/aromatic N) is 3. The van der Waals surface area contributed by atoms with Crippen molar-refractivity contribution in [1.82, 2.24) is 9.97 Å². The predicted octanol–water partition coefficient (Wildman–Crippen LogP) is 5.62. The molecule has 0 aliphatic rings. The van der Waals surface area contributed by atoms with Gasteiger partial charge in [0.1, 0.15) is 11.3 Å². The third-order valence-corrected chi connectivity index (χ3v) is 4.03. The van der Waals surface area contributed by atoms with Gasteiger partial charge >= 0.3 is 12.2 Å². The molecular weight excluding hydrogens is 371 g/mol. The summed E-state index contributed by atoms with van der Waals surface area (Å²) in [5, 5.41) is 0. The Kier molecular flexibility index (Phi) is 7.90. The molecular formula is C20H26F3N3O2. The highest BCUT2D eigenvalue weighted by Crippen LogP contribution is 2.38. The topological polar surface area (TPSA) is 47.5 Å². The van der Waals surface area contributed by atoms with Gasteiger partial charge in [0, 0.05) is 25.0 Å². The van der Waals surface area contributed by atoms with Crippen molar-refractivity contribution in [2.24, 2.45) is 0 Å². The van der Waals surface area contributed by atoms with Crippen molar-refractivity contribution in [2.75, 3.05) is 25.2 Å². The highest BCUT2D eigenvalue weighted by molar-refractivity contribution is 5.64. The van der Waals surface area contributed by atoms with Crippen LogP contribution in [0.5, 0.6) is 11.8 Å². The molecule has 0 saturated carbocycles. The van der Waals surface area contributed by atoms with E-state index in [1.54, 1.807) is 24.3 Å². The van der Waals surface area contributed by atoms with E-state index >= 15 is 0 Å². The van der Waals surface area contributed by atoms with E-state index in [9.17, 15) is 13.2 Å². The van der Waals surface area contributed by atoms with Gasteiger partial charge in [0.15, 0.2) is 5.82 Å². The van der Waals surface area contributed by atoms with Gasteiger partial charge in [-0.05, 0) is 25.0 Å². The summed E-state index contributed by atoms with van der Waals surface area (Å²) in [6.45, 7) is 4.89. The molecule has 0 atom stereocenters. The largest absolute Gasteiger partial charge is 0.494 e. The normalized spacial score (nSPS) is 11.4. The standard InChI is InChI=1S/C20H26F3N3O2/c1-4-6-7-12-27-16-10-8-9-15(13-16)26(3)18-17(20(21,22)23)14-24-19(25-18)28-11-5-2/h8-10,13-14H,4-7,11-12H2,1-3H3. The van der Waals surface area contributed by atoms with E-state index in [1.807, 2.05) is 6.92 Å². The summed E-state index contributed by atoms with van der Waals surface area (Å²) in [6.07, 6.45) is -0.0413. The van der Waals surface area contributed by atoms with Crippen LogP contribution in [0.15, 0.2) is 30.5 Å². The van der Waals surface area contributed by atoms with Gasteiger partial charge in [0.2, 0.25) is 0 Å². The summed E-state index contributed by atoms with van der Waals surface area (Å²) in [6, 6.07) is 6.84. The average molecular weight is 397 g/mol. The molecule has 0 saturated heterocycles. The third-order valence-electron chi connectivity index (χ3n) is 4.03. The fourth-order valence-corrected chi connectivity index (χ4v) is 2.52. The van der Waals surface area contributed by atoms with E-state index in [4.69, 9.17) is 9.47 Å². The lowest BCUT2D eigenvalue weighted by atomic mass is 10.2. The molecule has 2 aromatic rings. The Morgan fingerprint density at radius 3 is 2.50 bits per heavy atom. The Balaban J connectivity index is 2.29. The second-order valence-corrected chi connectivity index (χ2v) is 6.35. The maximum absolute atomic E-state index is 13.5. The van der Waals surface area contributed by atoms with Crippen LogP contribution < -0.4 is 14.4 Å². The van der Waals surface area contributed by atoms with Crippen molar-refractivity contribution in [2.45, 2.75) is 45.7 Å². The minimum absolute atomic E-state index is 0.0799. The Hall–Kier alpha value is -2.51. The van der Waals surface area contributed by atoms with E-state index < -0.39 is 11.7 Å². The summed E-state index contributed by atoms with van der Waals surface area (Å²) in [4.78, 5) is 9.05. The molecule has 0 amide bonds. The molecule has 1 aromatic heterocycles. The summed E-state index contributed by atoms with van der Waals surface area (Å²) in [5.41, 5.74) is -0.397. The van der Waals surface area contributed by atoms with Crippen LogP contribution in [0.3, 0.4) is 0 Å². The van der Waals surface area contributed by atoms with Crippen LogP contribution in [0.4, 0.5) is 24.7 Å². The van der Waals surface area contributed by atoms with Crippen molar-refractivity contribution in [1.29, 1.82) is 0 Å². The summed E-state index contributed by atoms with van der Waals surface area (Å²) < 4.78 is 51.4. The monoisotopic (exact) mass is 397 g/mol. The van der Waals surface area contributed by atoms with Crippen molar-refractivity contribution < 1.29 is 22.6 Å². The number of ether oxygens (including phenoxy) is 2.